The summed E-state index contributed by atoms with van der Waals surface area (Å²) in [5, 5.41) is 23.0. The van der Waals surface area contributed by atoms with Gasteiger partial charge in [0.1, 0.15) is 17.4 Å². The summed E-state index contributed by atoms with van der Waals surface area (Å²) in [7, 11) is 0. The second-order valence-corrected chi connectivity index (χ2v) is 4.76. The highest BCUT2D eigenvalue weighted by Crippen LogP contribution is 2.23. The summed E-state index contributed by atoms with van der Waals surface area (Å²) in [6.45, 7) is 1.99. The Morgan fingerprint density at radius 3 is 2.90 bits per heavy atom. The van der Waals surface area contributed by atoms with E-state index in [1.54, 1.807) is 12.3 Å². The Bertz CT molecular complexity index is 659. The van der Waals surface area contributed by atoms with Crippen LogP contribution in [0.4, 0.5) is 11.4 Å². The molecule has 108 valence electrons. The van der Waals surface area contributed by atoms with Crippen molar-refractivity contribution in [3.8, 4) is 6.07 Å². The Morgan fingerprint density at radius 1 is 1.48 bits per heavy atom. The molecule has 0 aliphatic rings. The van der Waals surface area contributed by atoms with Gasteiger partial charge in [0, 0.05) is 24.2 Å². The first kappa shape index (κ1) is 14.6. The van der Waals surface area contributed by atoms with Gasteiger partial charge in [0.25, 0.3) is 5.69 Å². The molecule has 1 aromatic heterocycles. The van der Waals surface area contributed by atoms with Gasteiger partial charge in [-0.05, 0) is 37.6 Å². The number of hydrogen-bond acceptors (Lipinski definition) is 5. The van der Waals surface area contributed by atoms with E-state index in [1.807, 2.05) is 25.1 Å². The number of nitriles is 1. The third-order valence-corrected chi connectivity index (χ3v) is 3.13. The highest BCUT2D eigenvalue weighted by atomic mass is 16.6. The van der Waals surface area contributed by atoms with Gasteiger partial charge in [-0.3, -0.25) is 10.1 Å². The summed E-state index contributed by atoms with van der Waals surface area (Å²) >= 11 is 0. The minimum absolute atomic E-state index is 0.0637. The van der Waals surface area contributed by atoms with E-state index in [1.165, 1.54) is 12.1 Å². The second kappa shape index (κ2) is 6.57. The molecule has 21 heavy (non-hydrogen) atoms. The third kappa shape index (κ3) is 3.83. The van der Waals surface area contributed by atoms with Crippen molar-refractivity contribution in [2.24, 2.45) is 0 Å². The molecule has 0 aliphatic heterocycles. The number of anilines is 1. The van der Waals surface area contributed by atoms with E-state index in [0.717, 1.165) is 18.6 Å². The van der Waals surface area contributed by atoms with E-state index in [9.17, 15) is 10.1 Å². The zero-order chi connectivity index (χ0) is 15.2. The van der Waals surface area contributed by atoms with Crippen LogP contribution in [-0.2, 0) is 6.42 Å². The molecular weight excluding hydrogens is 270 g/mol. The van der Waals surface area contributed by atoms with E-state index >= 15 is 0 Å². The van der Waals surface area contributed by atoms with Gasteiger partial charge in [0.05, 0.1) is 11.2 Å². The number of benzene rings is 1. The highest BCUT2D eigenvalue weighted by Gasteiger charge is 2.15. The predicted octanol–water partition coefficient (Wildman–Crippen LogP) is 3.49. The van der Waals surface area contributed by atoms with Crippen LogP contribution < -0.4 is 5.32 Å². The van der Waals surface area contributed by atoms with Gasteiger partial charge in [0.2, 0.25) is 0 Å². The molecule has 2 rings (SSSR count). The lowest BCUT2D eigenvalue weighted by molar-refractivity contribution is -0.385. The fourth-order valence-corrected chi connectivity index (χ4v) is 2.04. The van der Waals surface area contributed by atoms with E-state index in [2.05, 4.69) is 5.32 Å². The maximum absolute atomic E-state index is 10.9. The first-order chi connectivity index (χ1) is 10.1. The quantitative estimate of drug-likeness (QED) is 0.647. The average molecular weight is 285 g/mol. The molecule has 6 nitrogen and oxygen atoms in total. The Hall–Kier alpha value is -2.81. The third-order valence-electron chi connectivity index (χ3n) is 3.13. The number of nitrogens with zero attached hydrogens (tertiary/aromatic N) is 2. The summed E-state index contributed by atoms with van der Waals surface area (Å²) in [5.74, 6) is 0.912. The van der Waals surface area contributed by atoms with E-state index in [-0.39, 0.29) is 17.3 Å². The van der Waals surface area contributed by atoms with Crippen LogP contribution in [0.2, 0.25) is 0 Å². The number of furan rings is 1. The largest absolute Gasteiger partial charge is 0.469 e. The van der Waals surface area contributed by atoms with Crippen LogP contribution in [0.3, 0.4) is 0 Å². The number of aryl methyl sites for hydroxylation is 1. The lowest BCUT2D eigenvalue weighted by Gasteiger charge is -2.14. The van der Waals surface area contributed by atoms with E-state index in [0.29, 0.717) is 5.69 Å². The van der Waals surface area contributed by atoms with Gasteiger partial charge >= 0.3 is 0 Å². The molecule has 0 saturated heterocycles. The molecule has 6 heteroatoms. The number of rotatable bonds is 6. The fraction of sp³-hybridized carbons (Fsp3) is 0.267. The minimum Gasteiger partial charge on any atom is -0.469 e. The molecule has 1 N–H and O–H groups in total. The van der Waals surface area contributed by atoms with Gasteiger partial charge < -0.3 is 9.73 Å². The molecule has 2 aromatic rings. The Morgan fingerprint density at radius 2 is 2.29 bits per heavy atom. The minimum atomic E-state index is -0.544. The van der Waals surface area contributed by atoms with Crippen molar-refractivity contribution in [2.45, 2.75) is 25.8 Å². The van der Waals surface area contributed by atoms with E-state index in [4.69, 9.17) is 9.68 Å². The molecule has 1 unspecified atom stereocenters. The average Bonchev–Trinajstić information content (AvgIpc) is 2.98. The SMILES string of the molecule is CC(CCc1ccco1)Nc1ccc(C#N)c([N+](=O)[O-])c1. The van der Waals surface area contributed by atoms with Crippen LogP contribution in [0.25, 0.3) is 0 Å². The normalized spacial score (nSPS) is 11.6. The van der Waals surface area contributed by atoms with Crippen molar-refractivity contribution < 1.29 is 9.34 Å². The molecular formula is C15H15N3O3. The molecule has 0 spiro atoms. The lowest BCUT2D eigenvalue weighted by Crippen LogP contribution is -2.16. The first-order valence-corrected chi connectivity index (χ1v) is 6.57. The zero-order valence-electron chi connectivity index (χ0n) is 11.6. The summed E-state index contributed by atoms with van der Waals surface area (Å²) in [6.07, 6.45) is 3.26. The van der Waals surface area contributed by atoms with Gasteiger partial charge in [-0.2, -0.15) is 5.26 Å². The summed E-state index contributed by atoms with van der Waals surface area (Å²) in [5.41, 5.74) is 0.516. The molecule has 0 fully saturated rings. The molecule has 0 amide bonds. The number of nitro groups is 1. The number of nitrogens with one attached hydrogen (secondary N) is 1. The van der Waals surface area contributed by atoms with Crippen LogP contribution in [-0.4, -0.2) is 11.0 Å². The molecule has 1 heterocycles. The predicted molar refractivity (Wildman–Crippen MR) is 77.9 cm³/mol. The molecule has 1 atom stereocenters. The fourth-order valence-electron chi connectivity index (χ4n) is 2.04. The first-order valence-electron chi connectivity index (χ1n) is 6.57. The lowest BCUT2D eigenvalue weighted by atomic mass is 10.1. The molecule has 0 bridgehead atoms. The number of hydrogen-bond donors (Lipinski definition) is 1. The maximum atomic E-state index is 10.9. The molecule has 0 saturated carbocycles. The van der Waals surface area contributed by atoms with Crippen molar-refractivity contribution in [2.75, 3.05) is 5.32 Å². The van der Waals surface area contributed by atoms with Gasteiger partial charge in [-0.15, -0.1) is 0 Å². The Balaban J connectivity index is 2.00. The van der Waals surface area contributed by atoms with Crippen LogP contribution in [0, 0.1) is 21.4 Å². The topological polar surface area (TPSA) is 92.1 Å². The van der Waals surface area contributed by atoms with Crippen LogP contribution in [0.15, 0.2) is 41.0 Å². The smallest absolute Gasteiger partial charge is 0.289 e. The molecule has 0 aliphatic carbocycles. The molecule has 1 aromatic carbocycles. The monoisotopic (exact) mass is 285 g/mol. The molecule has 0 radical (unpaired) electrons. The van der Waals surface area contributed by atoms with Crippen LogP contribution in [0.1, 0.15) is 24.7 Å². The second-order valence-electron chi connectivity index (χ2n) is 4.76. The Kier molecular flexibility index (Phi) is 4.57. The van der Waals surface area contributed by atoms with Crippen molar-refractivity contribution in [3.63, 3.8) is 0 Å². The van der Waals surface area contributed by atoms with Crippen molar-refractivity contribution >= 4 is 11.4 Å². The summed E-state index contributed by atoms with van der Waals surface area (Å²) in [6, 6.07) is 10.2. The van der Waals surface area contributed by atoms with Crippen LogP contribution >= 0.6 is 0 Å². The highest BCUT2D eigenvalue weighted by molar-refractivity contribution is 5.59. The summed E-state index contributed by atoms with van der Waals surface area (Å²) < 4.78 is 5.26. The van der Waals surface area contributed by atoms with Crippen molar-refractivity contribution in [1.29, 1.82) is 5.26 Å². The summed E-state index contributed by atoms with van der Waals surface area (Å²) in [4.78, 5) is 10.4. The number of nitro benzene ring substituents is 1. The zero-order valence-corrected chi connectivity index (χ0v) is 11.6. The van der Waals surface area contributed by atoms with E-state index < -0.39 is 4.92 Å². The van der Waals surface area contributed by atoms with Gasteiger partial charge in [0.15, 0.2) is 0 Å². The van der Waals surface area contributed by atoms with Crippen LogP contribution in [0.5, 0.6) is 0 Å². The maximum Gasteiger partial charge on any atom is 0.289 e. The van der Waals surface area contributed by atoms with Crippen molar-refractivity contribution in [3.05, 3.63) is 58.0 Å². The Labute approximate surface area is 122 Å². The van der Waals surface area contributed by atoms with Gasteiger partial charge in [-0.25, -0.2) is 0 Å². The van der Waals surface area contributed by atoms with Crippen molar-refractivity contribution in [1.82, 2.24) is 0 Å². The standard InChI is InChI=1S/C15H15N3O3/c1-11(4-7-14-3-2-8-21-14)17-13-6-5-12(10-16)15(9-13)18(19)20/h2-3,5-6,8-9,11,17H,4,7H2,1H3. The van der Waals surface area contributed by atoms with Gasteiger partial charge in [-0.1, -0.05) is 0 Å².